The molecule has 1 aromatic carbocycles. The van der Waals surface area contributed by atoms with E-state index in [4.69, 9.17) is 4.42 Å². The molecular formula is C18H21FN2O2S. The minimum Gasteiger partial charge on any atom is -0.467 e. The molecule has 1 aromatic heterocycles. The Morgan fingerprint density at radius 3 is 3.00 bits per heavy atom. The monoisotopic (exact) mass is 348 g/mol. The molecule has 3 rings (SSSR count). The smallest absolute Gasteiger partial charge is 0.237 e. The Kier molecular flexibility index (Phi) is 5.93. The average molecular weight is 348 g/mol. The summed E-state index contributed by atoms with van der Waals surface area (Å²) in [7, 11) is 0. The summed E-state index contributed by atoms with van der Waals surface area (Å²) in [6, 6.07) is 10.4. The number of amides is 1. The summed E-state index contributed by atoms with van der Waals surface area (Å²) in [5.41, 5.74) is 0. The first-order chi connectivity index (χ1) is 11.7. The first-order valence-electron chi connectivity index (χ1n) is 8.15. The van der Waals surface area contributed by atoms with Crippen molar-refractivity contribution >= 4 is 17.7 Å². The minimum absolute atomic E-state index is 0.0415. The summed E-state index contributed by atoms with van der Waals surface area (Å²) in [5, 5.41) is 2.93. The highest BCUT2D eigenvalue weighted by Gasteiger charge is 2.30. The van der Waals surface area contributed by atoms with Gasteiger partial charge in [0.15, 0.2) is 0 Å². The zero-order valence-electron chi connectivity index (χ0n) is 13.4. The second-order valence-electron chi connectivity index (χ2n) is 5.77. The third-order valence-corrected chi connectivity index (χ3v) is 5.18. The lowest BCUT2D eigenvalue weighted by molar-refractivity contribution is -0.125. The van der Waals surface area contributed by atoms with Gasteiger partial charge >= 0.3 is 0 Å². The number of nitrogens with zero attached hydrogens (tertiary/aromatic N) is 1. The second kappa shape index (κ2) is 8.35. The molecule has 0 aliphatic carbocycles. The van der Waals surface area contributed by atoms with Crippen LogP contribution >= 0.6 is 11.8 Å². The normalized spacial score (nSPS) is 18.0. The molecule has 1 amide bonds. The number of hydrogen-bond acceptors (Lipinski definition) is 4. The summed E-state index contributed by atoms with van der Waals surface area (Å²) in [4.78, 5) is 15.2. The van der Waals surface area contributed by atoms with E-state index in [-0.39, 0.29) is 17.8 Å². The summed E-state index contributed by atoms with van der Waals surface area (Å²) in [6.07, 6.45) is 3.49. The van der Waals surface area contributed by atoms with Gasteiger partial charge in [-0.1, -0.05) is 12.1 Å². The molecule has 1 unspecified atom stereocenters. The van der Waals surface area contributed by atoms with Crippen molar-refractivity contribution in [2.24, 2.45) is 0 Å². The first-order valence-corrected chi connectivity index (χ1v) is 9.14. The molecule has 1 aliphatic heterocycles. The Bertz CT molecular complexity index is 663. The summed E-state index contributed by atoms with van der Waals surface area (Å²) < 4.78 is 18.9. The van der Waals surface area contributed by atoms with E-state index in [0.29, 0.717) is 11.4 Å². The predicted molar refractivity (Wildman–Crippen MR) is 92.3 cm³/mol. The van der Waals surface area contributed by atoms with Crippen molar-refractivity contribution in [3.05, 3.63) is 54.2 Å². The van der Waals surface area contributed by atoms with Gasteiger partial charge in [-0.25, -0.2) is 4.39 Å². The van der Waals surface area contributed by atoms with Gasteiger partial charge in [0.25, 0.3) is 0 Å². The molecule has 0 bridgehead atoms. The number of nitrogens with one attached hydrogen (secondary N) is 1. The average Bonchev–Trinajstić information content (AvgIpc) is 3.26. The van der Waals surface area contributed by atoms with Crippen LogP contribution in [0.3, 0.4) is 0 Å². The largest absolute Gasteiger partial charge is 0.467 e. The van der Waals surface area contributed by atoms with Crippen molar-refractivity contribution in [2.75, 3.05) is 18.8 Å². The number of likely N-dealkylation sites (tertiary alicyclic amines) is 1. The SMILES string of the molecule is O=C(NCc1ccco1)C1CCCN1CCSc1ccccc1F. The zero-order valence-corrected chi connectivity index (χ0v) is 14.2. The lowest BCUT2D eigenvalue weighted by Gasteiger charge is -2.23. The standard InChI is InChI=1S/C18H21FN2O2S/c19-15-6-1-2-8-17(15)24-12-10-21-9-3-7-16(21)18(22)20-13-14-5-4-11-23-14/h1-2,4-6,8,11,16H,3,7,9-10,12-13H2,(H,20,22). The van der Waals surface area contributed by atoms with Crippen molar-refractivity contribution in [3.8, 4) is 0 Å². The van der Waals surface area contributed by atoms with Crippen LogP contribution in [-0.4, -0.2) is 35.7 Å². The van der Waals surface area contributed by atoms with E-state index < -0.39 is 0 Å². The predicted octanol–water partition coefficient (Wildman–Crippen LogP) is 3.29. The second-order valence-corrected chi connectivity index (χ2v) is 6.91. The Morgan fingerprint density at radius 1 is 1.33 bits per heavy atom. The van der Waals surface area contributed by atoms with E-state index in [1.807, 2.05) is 18.2 Å². The Labute approximate surface area is 145 Å². The van der Waals surface area contributed by atoms with Gasteiger partial charge in [0.1, 0.15) is 11.6 Å². The van der Waals surface area contributed by atoms with Crippen LogP contribution in [0.4, 0.5) is 4.39 Å². The molecule has 1 saturated heterocycles. The quantitative estimate of drug-likeness (QED) is 0.780. The highest BCUT2D eigenvalue weighted by molar-refractivity contribution is 7.99. The van der Waals surface area contributed by atoms with Crippen LogP contribution in [0.2, 0.25) is 0 Å². The van der Waals surface area contributed by atoms with Crippen LogP contribution in [0, 0.1) is 5.82 Å². The van der Waals surface area contributed by atoms with Crippen LogP contribution in [-0.2, 0) is 11.3 Å². The summed E-state index contributed by atoms with van der Waals surface area (Å²) in [5.74, 6) is 1.38. The fraction of sp³-hybridized carbons (Fsp3) is 0.389. The Hall–Kier alpha value is -1.79. The van der Waals surface area contributed by atoms with Gasteiger partial charge in [0.2, 0.25) is 5.91 Å². The van der Waals surface area contributed by atoms with E-state index in [0.717, 1.165) is 37.4 Å². The highest BCUT2D eigenvalue weighted by atomic mass is 32.2. The van der Waals surface area contributed by atoms with Crippen molar-refractivity contribution in [1.29, 1.82) is 0 Å². The molecule has 1 fully saturated rings. The molecule has 24 heavy (non-hydrogen) atoms. The van der Waals surface area contributed by atoms with Crippen LogP contribution in [0.1, 0.15) is 18.6 Å². The van der Waals surface area contributed by atoms with E-state index in [1.54, 1.807) is 18.4 Å². The molecule has 1 atom stereocenters. The van der Waals surface area contributed by atoms with Gasteiger partial charge in [0, 0.05) is 17.2 Å². The van der Waals surface area contributed by atoms with Crippen LogP contribution in [0.15, 0.2) is 52.0 Å². The molecule has 1 aliphatic rings. The van der Waals surface area contributed by atoms with Gasteiger partial charge in [-0.05, 0) is 43.7 Å². The number of halogens is 1. The van der Waals surface area contributed by atoms with E-state index in [2.05, 4.69) is 10.2 Å². The molecule has 1 N–H and O–H groups in total. The molecule has 128 valence electrons. The zero-order chi connectivity index (χ0) is 16.8. The number of rotatable bonds is 7. The maximum Gasteiger partial charge on any atom is 0.237 e. The molecular weight excluding hydrogens is 327 g/mol. The molecule has 2 aromatic rings. The molecule has 0 radical (unpaired) electrons. The Morgan fingerprint density at radius 2 is 2.21 bits per heavy atom. The van der Waals surface area contributed by atoms with Crippen LogP contribution < -0.4 is 5.32 Å². The first kappa shape index (κ1) is 17.0. The maximum atomic E-state index is 13.6. The van der Waals surface area contributed by atoms with E-state index in [1.165, 1.54) is 17.8 Å². The fourth-order valence-electron chi connectivity index (χ4n) is 2.93. The number of carbonyl (C=O) groups excluding carboxylic acids is 1. The van der Waals surface area contributed by atoms with Crippen LogP contribution in [0.5, 0.6) is 0 Å². The molecule has 2 heterocycles. The van der Waals surface area contributed by atoms with Crippen molar-refractivity contribution in [3.63, 3.8) is 0 Å². The number of benzene rings is 1. The van der Waals surface area contributed by atoms with Crippen LogP contribution in [0.25, 0.3) is 0 Å². The van der Waals surface area contributed by atoms with Gasteiger partial charge in [-0.3, -0.25) is 9.69 Å². The van der Waals surface area contributed by atoms with E-state index >= 15 is 0 Å². The van der Waals surface area contributed by atoms with Crippen molar-refractivity contribution in [2.45, 2.75) is 30.3 Å². The van der Waals surface area contributed by atoms with Gasteiger partial charge < -0.3 is 9.73 Å². The summed E-state index contributed by atoms with van der Waals surface area (Å²) >= 11 is 1.50. The number of hydrogen-bond donors (Lipinski definition) is 1. The number of furan rings is 1. The van der Waals surface area contributed by atoms with Gasteiger partial charge in [-0.15, -0.1) is 11.8 Å². The molecule has 6 heteroatoms. The van der Waals surface area contributed by atoms with Gasteiger partial charge in [-0.2, -0.15) is 0 Å². The van der Waals surface area contributed by atoms with Crippen molar-refractivity contribution in [1.82, 2.24) is 10.2 Å². The number of thioether (sulfide) groups is 1. The summed E-state index contributed by atoms with van der Waals surface area (Å²) in [6.45, 7) is 2.11. The lowest BCUT2D eigenvalue weighted by atomic mass is 10.2. The number of carbonyl (C=O) groups is 1. The van der Waals surface area contributed by atoms with Gasteiger partial charge in [0.05, 0.1) is 18.8 Å². The molecule has 0 saturated carbocycles. The Balaban J connectivity index is 1.46. The van der Waals surface area contributed by atoms with E-state index in [9.17, 15) is 9.18 Å². The maximum absolute atomic E-state index is 13.6. The highest BCUT2D eigenvalue weighted by Crippen LogP contribution is 2.23. The minimum atomic E-state index is -0.184. The lowest BCUT2D eigenvalue weighted by Crippen LogP contribution is -2.43. The fourth-order valence-corrected chi connectivity index (χ4v) is 3.86. The molecule has 4 nitrogen and oxygen atoms in total. The van der Waals surface area contributed by atoms with Crippen molar-refractivity contribution < 1.29 is 13.6 Å². The molecule has 0 spiro atoms. The third-order valence-electron chi connectivity index (χ3n) is 4.16. The third kappa shape index (κ3) is 4.39. The topological polar surface area (TPSA) is 45.5 Å².